The van der Waals surface area contributed by atoms with Crippen LogP contribution in [0.25, 0.3) is 0 Å². The van der Waals surface area contributed by atoms with Crippen LogP contribution in [0.3, 0.4) is 0 Å². The zero-order valence-electron chi connectivity index (χ0n) is 10.8. The van der Waals surface area contributed by atoms with E-state index in [1.165, 1.54) is 4.90 Å². The molecular formula is C14H18BrNO3. The van der Waals surface area contributed by atoms with Crippen molar-refractivity contribution >= 4 is 27.7 Å². The number of hydrogen-bond acceptors (Lipinski definition) is 3. The number of carbonyl (C=O) groups is 2. The van der Waals surface area contributed by atoms with Gasteiger partial charge in [-0.25, -0.2) is 0 Å². The highest BCUT2D eigenvalue weighted by Crippen LogP contribution is 2.45. The van der Waals surface area contributed by atoms with Gasteiger partial charge in [0.15, 0.2) is 0 Å². The number of hydrogen-bond donors (Lipinski definition) is 0. The molecule has 3 aliphatic rings. The van der Waals surface area contributed by atoms with Crippen LogP contribution in [0, 0.1) is 11.8 Å². The molecular weight excluding hydrogens is 310 g/mol. The molecule has 104 valence electrons. The van der Waals surface area contributed by atoms with Crippen molar-refractivity contribution in [1.82, 2.24) is 4.90 Å². The van der Waals surface area contributed by atoms with Crippen LogP contribution in [0.1, 0.15) is 25.7 Å². The van der Waals surface area contributed by atoms with Crippen molar-refractivity contribution in [3.8, 4) is 0 Å². The molecule has 2 amide bonds. The molecule has 3 aliphatic heterocycles. The molecule has 2 fully saturated rings. The van der Waals surface area contributed by atoms with Crippen LogP contribution in [0.4, 0.5) is 0 Å². The number of carbonyl (C=O) groups excluding carboxylic acids is 2. The minimum atomic E-state index is -0.245. The smallest absolute Gasteiger partial charge is 0.236 e. The van der Waals surface area contributed by atoms with E-state index in [1.54, 1.807) is 0 Å². The summed E-state index contributed by atoms with van der Waals surface area (Å²) in [5, 5.41) is 1.02. The summed E-state index contributed by atoms with van der Waals surface area (Å²) in [4.78, 5) is 26.1. The van der Waals surface area contributed by atoms with Gasteiger partial charge in [0, 0.05) is 11.9 Å². The summed E-state index contributed by atoms with van der Waals surface area (Å²) < 4.78 is 5.60. The predicted octanol–water partition coefficient (Wildman–Crippen LogP) is 1.88. The summed E-state index contributed by atoms with van der Waals surface area (Å²) in [6, 6.07) is 0. The zero-order valence-corrected chi connectivity index (χ0v) is 12.3. The average molecular weight is 328 g/mol. The third-order valence-corrected chi connectivity index (χ3v) is 4.83. The highest BCUT2D eigenvalue weighted by Gasteiger charge is 2.60. The molecule has 0 spiro atoms. The Kier molecular flexibility index (Phi) is 3.76. The first-order valence-electron chi connectivity index (χ1n) is 6.99. The minimum Gasteiger partial charge on any atom is -0.365 e. The molecule has 0 aromatic carbocycles. The number of unbranched alkanes of at least 4 members (excludes halogenated alkanes) is 3. The van der Waals surface area contributed by atoms with Crippen molar-refractivity contribution < 1.29 is 14.3 Å². The fraction of sp³-hybridized carbons (Fsp3) is 0.714. The van der Waals surface area contributed by atoms with E-state index in [-0.39, 0.29) is 35.9 Å². The standard InChI is InChI=1S/C14H18BrNO3/c15-7-3-1-2-4-8-16-13(17)11-9-5-6-10(19-9)12(11)14(16)18/h5-6,9-12H,1-4,7-8H2/t9-,10+,11+,12-. The SMILES string of the molecule is O=C1[C@@H]2[C@H](C(=O)N1CCCCCCBr)[C@@H]1C=C[C@H]2O1. The van der Waals surface area contributed by atoms with Gasteiger partial charge in [0.25, 0.3) is 0 Å². The van der Waals surface area contributed by atoms with Gasteiger partial charge in [-0.1, -0.05) is 40.9 Å². The summed E-state index contributed by atoms with van der Waals surface area (Å²) in [5.41, 5.74) is 0. The van der Waals surface area contributed by atoms with Crippen molar-refractivity contribution in [3.05, 3.63) is 12.2 Å². The van der Waals surface area contributed by atoms with E-state index in [0.717, 1.165) is 31.0 Å². The highest BCUT2D eigenvalue weighted by molar-refractivity contribution is 9.09. The normalized spacial score (nSPS) is 35.5. The molecule has 3 heterocycles. The first-order valence-corrected chi connectivity index (χ1v) is 8.11. The van der Waals surface area contributed by atoms with Crippen LogP contribution in [0.2, 0.25) is 0 Å². The molecule has 0 radical (unpaired) electrons. The molecule has 0 aliphatic carbocycles. The van der Waals surface area contributed by atoms with E-state index in [2.05, 4.69) is 15.9 Å². The zero-order chi connectivity index (χ0) is 13.4. The highest BCUT2D eigenvalue weighted by atomic mass is 79.9. The monoisotopic (exact) mass is 327 g/mol. The minimum absolute atomic E-state index is 0.0210. The largest absolute Gasteiger partial charge is 0.365 e. The fourth-order valence-corrected chi connectivity index (χ4v) is 3.70. The number of imide groups is 1. The maximum absolute atomic E-state index is 12.3. The molecule has 2 bridgehead atoms. The van der Waals surface area contributed by atoms with Gasteiger partial charge in [-0.15, -0.1) is 0 Å². The lowest BCUT2D eigenvalue weighted by atomic mass is 9.85. The molecule has 4 nitrogen and oxygen atoms in total. The predicted molar refractivity (Wildman–Crippen MR) is 73.8 cm³/mol. The second kappa shape index (κ2) is 5.37. The fourth-order valence-electron chi connectivity index (χ4n) is 3.30. The summed E-state index contributed by atoms with van der Waals surface area (Å²) in [7, 11) is 0. The molecule has 4 atom stereocenters. The number of nitrogens with zero attached hydrogens (tertiary/aromatic N) is 1. The molecule has 2 saturated heterocycles. The van der Waals surface area contributed by atoms with E-state index in [0.29, 0.717) is 6.54 Å². The van der Waals surface area contributed by atoms with Gasteiger partial charge in [0.2, 0.25) is 11.8 Å². The molecule has 0 aromatic rings. The number of likely N-dealkylation sites (tertiary alicyclic amines) is 1. The number of fused-ring (bicyclic) bond motifs is 5. The van der Waals surface area contributed by atoms with E-state index in [4.69, 9.17) is 4.74 Å². The van der Waals surface area contributed by atoms with Crippen molar-refractivity contribution in [1.29, 1.82) is 0 Å². The molecule has 0 N–H and O–H groups in total. The summed E-state index contributed by atoms with van der Waals surface area (Å²) >= 11 is 3.40. The lowest BCUT2D eigenvalue weighted by Crippen LogP contribution is -2.35. The van der Waals surface area contributed by atoms with Gasteiger partial charge >= 0.3 is 0 Å². The maximum Gasteiger partial charge on any atom is 0.236 e. The Balaban J connectivity index is 1.57. The Hall–Kier alpha value is -0.680. The molecule has 5 heteroatoms. The van der Waals surface area contributed by atoms with Crippen LogP contribution in [0.15, 0.2) is 12.2 Å². The molecule has 0 aromatic heterocycles. The third kappa shape index (κ3) is 2.17. The topological polar surface area (TPSA) is 46.6 Å². The summed E-state index contributed by atoms with van der Waals surface area (Å²) in [6.07, 6.45) is 7.80. The van der Waals surface area contributed by atoms with Gasteiger partial charge in [0.05, 0.1) is 24.0 Å². The van der Waals surface area contributed by atoms with Gasteiger partial charge < -0.3 is 4.74 Å². The van der Waals surface area contributed by atoms with Crippen LogP contribution in [-0.4, -0.2) is 40.8 Å². The van der Waals surface area contributed by atoms with Crippen LogP contribution in [-0.2, 0) is 14.3 Å². The molecule has 0 saturated carbocycles. The number of halogens is 1. The van der Waals surface area contributed by atoms with Crippen LogP contribution < -0.4 is 0 Å². The van der Waals surface area contributed by atoms with Crippen LogP contribution in [0.5, 0.6) is 0 Å². The number of amides is 2. The lowest BCUT2D eigenvalue weighted by Gasteiger charge is -2.17. The van der Waals surface area contributed by atoms with Crippen molar-refractivity contribution in [2.24, 2.45) is 11.8 Å². The maximum atomic E-state index is 12.3. The first kappa shape index (κ1) is 13.3. The molecule has 0 unspecified atom stereocenters. The summed E-state index contributed by atoms with van der Waals surface area (Å²) in [6.45, 7) is 0.576. The Morgan fingerprint density at radius 2 is 1.58 bits per heavy atom. The van der Waals surface area contributed by atoms with Crippen molar-refractivity contribution in [2.75, 3.05) is 11.9 Å². The number of alkyl halides is 1. The quantitative estimate of drug-likeness (QED) is 0.324. The number of rotatable bonds is 6. The lowest BCUT2D eigenvalue weighted by molar-refractivity contribution is -0.142. The molecule has 3 rings (SSSR count). The average Bonchev–Trinajstić information content (AvgIpc) is 3.06. The second-order valence-corrected chi connectivity index (χ2v) is 6.23. The van der Waals surface area contributed by atoms with Gasteiger partial charge in [0.1, 0.15) is 0 Å². The Bertz CT molecular complexity index is 393. The van der Waals surface area contributed by atoms with Crippen molar-refractivity contribution in [2.45, 2.75) is 37.9 Å². The van der Waals surface area contributed by atoms with Crippen LogP contribution >= 0.6 is 15.9 Å². The van der Waals surface area contributed by atoms with E-state index in [9.17, 15) is 9.59 Å². The molecule has 19 heavy (non-hydrogen) atoms. The first-order chi connectivity index (χ1) is 9.24. The summed E-state index contributed by atoms with van der Waals surface area (Å²) in [5.74, 6) is -0.533. The van der Waals surface area contributed by atoms with E-state index in [1.807, 2.05) is 12.2 Å². The number of ether oxygens (including phenoxy) is 1. The van der Waals surface area contributed by atoms with E-state index < -0.39 is 0 Å². The van der Waals surface area contributed by atoms with Crippen molar-refractivity contribution in [3.63, 3.8) is 0 Å². The Labute approximate surface area is 121 Å². The Morgan fingerprint density at radius 3 is 2.16 bits per heavy atom. The second-order valence-electron chi connectivity index (χ2n) is 5.43. The Morgan fingerprint density at radius 1 is 1.00 bits per heavy atom. The third-order valence-electron chi connectivity index (χ3n) is 4.27. The van der Waals surface area contributed by atoms with Gasteiger partial charge in [-0.05, 0) is 12.8 Å². The van der Waals surface area contributed by atoms with Gasteiger partial charge in [-0.3, -0.25) is 14.5 Å². The van der Waals surface area contributed by atoms with Gasteiger partial charge in [-0.2, -0.15) is 0 Å². The van der Waals surface area contributed by atoms with E-state index >= 15 is 0 Å².